The van der Waals surface area contributed by atoms with E-state index in [-0.39, 0.29) is 31.5 Å². The number of phosphoric ester groups is 1. The third-order valence-electron chi connectivity index (χ3n) is 16.1. The summed E-state index contributed by atoms with van der Waals surface area (Å²) in [4.78, 5) is 37.9. The number of likely N-dealkylation sites (N-methyl/N-ethyl adjacent to an activating group) is 1. The maximum Gasteiger partial charge on any atom is 0.472 e. The van der Waals surface area contributed by atoms with Crippen LogP contribution in [0, 0.1) is 0 Å². The average Bonchev–Trinajstić information content (AvgIpc) is 3.69. The highest BCUT2D eigenvalue weighted by Gasteiger charge is 2.30. The number of quaternary nitrogens is 1. The molecule has 0 radical (unpaired) electrons. The zero-order chi connectivity index (χ0) is 62.8. The Kier molecular flexibility index (Phi) is 63.0. The smallest absolute Gasteiger partial charge is 0.456 e. The first kappa shape index (κ1) is 83.2. The molecular weight excluding hydrogens is 1080 g/mol. The fourth-order valence-electron chi connectivity index (χ4n) is 10.4. The second kappa shape index (κ2) is 65.2. The molecule has 10 heteroatoms. The molecule has 0 aromatic heterocycles. The van der Waals surface area contributed by atoms with E-state index in [0.717, 1.165) is 83.5 Å². The molecule has 0 saturated carbocycles. The highest BCUT2D eigenvalue weighted by atomic mass is 31.2. The fraction of sp³-hybridized carbons (Fsp3) is 0.789. The minimum absolute atomic E-state index is 0.0371. The summed E-state index contributed by atoms with van der Waals surface area (Å²) in [5, 5.41) is 3.07. The van der Waals surface area contributed by atoms with Crippen LogP contribution < -0.4 is 5.32 Å². The molecule has 0 aliphatic rings. The molecule has 86 heavy (non-hydrogen) atoms. The van der Waals surface area contributed by atoms with Crippen molar-refractivity contribution in [3.63, 3.8) is 0 Å². The molecule has 0 aliphatic heterocycles. The summed E-state index contributed by atoms with van der Waals surface area (Å²) in [7, 11) is 1.49. The Morgan fingerprint density at radius 1 is 0.407 bits per heavy atom. The van der Waals surface area contributed by atoms with Crippen molar-refractivity contribution in [1.29, 1.82) is 0 Å². The number of unbranched alkanes of at least 4 members (excludes halogenated alkanes) is 38. The molecule has 2 N–H and O–H groups in total. The summed E-state index contributed by atoms with van der Waals surface area (Å²) >= 11 is 0. The summed E-state index contributed by atoms with van der Waals surface area (Å²) in [6, 6.07) is -0.855. The number of esters is 1. The third-order valence-corrected chi connectivity index (χ3v) is 17.0. The van der Waals surface area contributed by atoms with Gasteiger partial charge in [-0.1, -0.05) is 299 Å². The quantitative estimate of drug-likeness (QED) is 0.0205. The van der Waals surface area contributed by atoms with Crippen molar-refractivity contribution in [2.75, 3.05) is 40.9 Å². The largest absolute Gasteiger partial charge is 0.472 e. The molecule has 0 bridgehead atoms. The van der Waals surface area contributed by atoms with Gasteiger partial charge in [0.1, 0.15) is 19.3 Å². The van der Waals surface area contributed by atoms with Crippen LogP contribution in [0.15, 0.2) is 85.1 Å². The zero-order valence-electron chi connectivity index (χ0n) is 57.3. The van der Waals surface area contributed by atoms with Gasteiger partial charge in [0.05, 0.1) is 33.8 Å². The van der Waals surface area contributed by atoms with Crippen LogP contribution in [-0.4, -0.2) is 74.3 Å². The Labute approximate surface area is 533 Å². The zero-order valence-corrected chi connectivity index (χ0v) is 58.2. The van der Waals surface area contributed by atoms with E-state index in [4.69, 9.17) is 13.8 Å². The van der Waals surface area contributed by atoms with E-state index in [2.05, 4.69) is 99.0 Å². The molecule has 0 aromatic carbocycles. The predicted octanol–water partition coefficient (Wildman–Crippen LogP) is 23.3. The highest BCUT2D eigenvalue weighted by molar-refractivity contribution is 7.47. The predicted molar refractivity (Wildman–Crippen MR) is 374 cm³/mol. The van der Waals surface area contributed by atoms with E-state index in [9.17, 15) is 19.0 Å². The number of rotatable bonds is 66. The van der Waals surface area contributed by atoms with Gasteiger partial charge in [0, 0.05) is 12.8 Å². The lowest BCUT2D eigenvalue weighted by Gasteiger charge is -2.27. The number of phosphoric acid groups is 1. The van der Waals surface area contributed by atoms with Crippen LogP contribution >= 0.6 is 7.82 Å². The molecule has 500 valence electrons. The van der Waals surface area contributed by atoms with Gasteiger partial charge in [0.2, 0.25) is 5.91 Å². The first-order valence-electron chi connectivity index (χ1n) is 36.4. The van der Waals surface area contributed by atoms with Crippen LogP contribution in [-0.2, 0) is 27.9 Å². The molecule has 0 rings (SSSR count). The van der Waals surface area contributed by atoms with Crippen molar-refractivity contribution in [2.24, 2.45) is 0 Å². The molecule has 1 amide bonds. The van der Waals surface area contributed by atoms with Gasteiger partial charge in [0.25, 0.3) is 0 Å². The molecule has 3 unspecified atom stereocenters. The first-order chi connectivity index (χ1) is 41.9. The molecule has 0 aliphatic carbocycles. The van der Waals surface area contributed by atoms with Gasteiger partial charge in [-0.3, -0.25) is 18.6 Å². The molecule has 0 aromatic rings. The van der Waals surface area contributed by atoms with Crippen LogP contribution in [0.4, 0.5) is 0 Å². The van der Waals surface area contributed by atoms with E-state index in [1.807, 2.05) is 33.3 Å². The van der Waals surface area contributed by atoms with Crippen molar-refractivity contribution in [3.8, 4) is 0 Å². The maximum atomic E-state index is 13.6. The van der Waals surface area contributed by atoms with Gasteiger partial charge >= 0.3 is 13.8 Å². The van der Waals surface area contributed by atoms with Crippen molar-refractivity contribution in [3.05, 3.63) is 85.1 Å². The number of carbonyl (C=O) groups is 2. The molecule has 0 spiro atoms. The number of hydrogen-bond donors (Lipinski definition) is 2. The van der Waals surface area contributed by atoms with Crippen LogP contribution in [0.2, 0.25) is 0 Å². The minimum Gasteiger partial charge on any atom is -0.456 e. The molecule has 0 saturated heterocycles. The van der Waals surface area contributed by atoms with E-state index in [1.54, 1.807) is 0 Å². The van der Waals surface area contributed by atoms with Crippen LogP contribution in [0.1, 0.15) is 335 Å². The van der Waals surface area contributed by atoms with Crippen LogP contribution in [0.3, 0.4) is 0 Å². The Hall–Kier alpha value is -2.81. The SMILES string of the molecule is CCCCC/C=C\C/C=C\C/C=C\CCCCCCCCCCCCCCC(=O)NC(COP(=O)(O)OCC[N+](C)(C)C)C(/C=C/CCCCCCCCCCCC)OC(=O)CCCCCCCCCCCC/C=C\C/C=C\C/C=C\CCCCC. The lowest BCUT2D eigenvalue weighted by Crippen LogP contribution is -2.47. The van der Waals surface area contributed by atoms with Gasteiger partial charge in [-0.25, -0.2) is 4.57 Å². The normalized spacial score (nSPS) is 14.0. The summed E-state index contributed by atoms with van der Waals surface area (Å²) in [5.41, 5.74) is 0. The summed E-state index contributed by atoms with van der Waals surface area (Å²) < 4.78 is 30.9. The van der Waals surface area contributed by atoms with Crippen LogP contribution in [0.5, 0.6) is 0 Å². The lowest BCUT2D eigenvalue weighted by molar-refractivity contribution is -0.870. The van der Waals surface area contributed by atoms with Gasteiger partial charge in [-0.2, -0.15) is 0 Å². The number of nitrogens with zero attached hydrogens (tertiary/aromatic N) is 1. The van der Waals surface area contributed by atoms with Gasteiger partial charge in [0.15, 0.2) is 0 Å². The number of amides is 1. The summed E-state index contributed by atoms with van der Waals surface area (Å²) in [5.74, 6) is -0.504. The number of hydrogen-bond acceptors (Lipinski definition) is 6. The second-order valence-electron chi connectivity index (χ2n) is 25.8. The Balaban J connectivity index is 5.05. The van der Waals surface area contributed by atoms with Crippen molar-refractivity contribution < 1.29 is 37.3 Å². The van der Waals surface area contributed by atoms with Crippen molar-refractivity contribution >= 4 is 19.7 Å². The molecule has 3 atom stereocenters. The second-order valence-corrected chi connectivity index (χ2v) is 27.2. The van der Waals surface area contributed by atoms with Crippen molar-refractivity contribution in [1.82, 2.24) is 5.32 Å². The lowest BCUT2D eigenvalue weighted by atomic mass is 10.0. The number of nitrogens with one attached hydrogen (secondary N) is 1. The first-order valence-corrected chi connectivity index (χ1v) is 37.9. The Morgan fingerprint density at radius 3 is 1.08 bits per heavy atom. The van der Waals surface area contributed by atoms with E-state index in [1.165, 1.54) is 218 Å². The summed E-state index contributed by atoms with van der Waals surface area (Å²) in [6.45, 7) is 6.99. The molecule has 0 fully saturated rings. The standard InChI is InChI=1S/C76H139N2O7P/c1-7-10-13-16-19-22-25-28-30-32-34-36-38-39-41-42-44-46-48-50-53-56-59-62-65-68-75(79)77-73(72-84-86(81,82)83-71-70-78(4,5)6)74(67-64-61-58-55-52-27-24-21-18-15-12-9-3)85-76(80)69-66-63-60-57-54-51-49-47-45-43-40-37-35-33-31-29-26-23-20-17-14-11-8-2/h19-20,22-23,28-31,34-37,64,67,73-74H,7-18,21,24-27,32-33,38-63,65-66,68-72H2,1-6H3,(H-,77,79,81,82)/p+1/b22-19-,23-20-,30-28-,31-29-,36-34-,37-35-,67-64+. The van der Waals surface area contributed by atoms with E-state index in [0.29, 0.717) is 17.4 Å². The maximum absolute atomic E-state index is 13.6. The molecule has 0 heterocycles. The summed E-state index contributed by atoms with van der Waals surface area (Å²) in [6.07, 6.45) is 87.3. The van der Waals surface area contributed by atoms with E-state index < -0.39 is 20.0 Å². The van der Waals surface area contributed by atoms with Gasteiger partial charge in [-0.05, 0) is 109 Å². The average molecular weight is 1220 g/mol. The number of allylic oxidation sites excluding steroid dienone is 13. The minimum atomic E-state index is -4.46. The number of carbonyl (C=O) groups excluding carboxylic acids is 2. The van der Waals surface area contributed by atoms with Crippen molar-refractivity contribution in [2.45, 2.75) is 348 Å². The Morgan fingerprint density at radius 2 is 0.709 bits per heavy atom. The molecular formula is C76H140N2O7P+. The topological polar surface area (TPSA) is 111 Å². The van der Waals surface area contributed by atoms with E-state index >= 15 is 0 Å². The fourth-order valence-corrected chi connectivity index (χ4v) is 11.2. The van der Waals surface area contributed by atoms with Gasteiger partial charge < -0.3 is 19.4 Å². The van der Waals surface area contributed by atoms with Crippen LogP contribution in [0.25, 0.3) is 0 Å². The third kappa shape index (κ3) is 65.6. The van der Waals surface area contributed by atoms with Gasteiger partial charge in [-0.15, -0.1) is 0 Å². The number of ether oxygens (including phenoxy) is 1. The highest BCUT2D eigenvalue weighted by Crippen LogP contribution is 2.43. The molecule has 9 nitrogen and oxygen atoms in total. The monoisotopic (exact) mass is 1220 g/mol. The Bertz CT molecular complexity index is 1750.